The molecule has 0 aromatic carbocycles. The largest absolute Gasteiger partial charge is 0.465 e. The van der Waals surface area contributed by atoms with Gasteiger partial charge in [0.2, 0.25) is 5.41 Å². The van der Waals surface area contributed by atoms with Crippen LogP contribution >= 0.6 is 0 Å². The minimum atomic E-state index is -2.25. The van der Waals surface area contributed by atoms with E-state index in [0.717, 1.165) is 0 Å². The van der Waals surface area contributed by atoms with E-state index < -0.39 is 24.7 Å². The molecule has 0 aliphatic carbocycles. The molecule has 0 aliphatic heterocycles. The van der Waals surface area contributed by atoms with Gasteiger partial charge in [-0.2, -0.15) is 5.26 Å². The fraction of sp³-hybridized carbons (Fsp3) is 0.714. The topological polar surface area (TPSA) is 50.1 Å². The van der Waals surface area contributed by atoms with Gasteiger partial charge in [-0.3, -0.25) is 4.79 Å². The summed E-state index contributed by atoms with van der Waals surface area (Å²) in [4.78, 5) is 10.8. The second-order valence-electron chi connectivity index (χ2n) is 2.18. The summed E-state index contributed by atoms with van der Waals surface area (Å²) < 4.78 is 28.6. The van der Waals surface area contributed by atoms with Crippen molar-refractivity contribution in [3.05, 3.63) is 0 Å². The molecule has 0 amide bonds. The molecule has 0 fully saturated rings. The quantitative estimate of drug-likeness (QED) is 0.602. The van der Waals surface area contributed by atoms with Crippen molar-refractivity contribution in [1.29, 1.82) is 5.26 Å². The third-order valence-electron chi connectivity index (χ3n) is 1.34. The maximum Gasteiger partial charge on any atom is 0.331 e. The van der Waals surface area contributed by atoms with Gasteiger partial charge in [0.1, 0.15) is 13.3 Å². The van der Waals surface area contributed by atoms with Gasteiger partial charge in [0, 0.05) is 0 Å². The molecule has 0 spiro atoms. The van der Waals surface area contributed by atoms with Gasteiger partial charge in [0.05, 0.1) is 12.7 Å². The fourth-order valence-electron chi connectivity index (χ4n) is 0.519. The summed E-state index contributed by atoms with van der Waals surface area (Å²) in [5, 5.41) is 8.34. The van der Waals surface area contributed by atoms with Gasteiger partial charge in [0.15, 0.2) is 0 Å². The number of nitrogens with zero attached hydrogens (tertiary/aromatic N) is 1. The van der Waals surface area contributed by atoms with Crippen LogP contribution in [0, 0.1) is 16.7 Å². The van der Waals surface area contributed by atoms with Crippen LogP contribution < -0.4 is 0 Å². The molecule has 68 valence electrons. The number of esters is 1. The first-order chi connectivity index (χ1) is 5.66. The van der Waals surface area contributed by atoms with Gasteiger partial charge in [-0.05, 0) is 6.92 Å². The molecule has 0 radical (unpaired) electrons. The zero-order valence-corrected chi connectivity index (χ0v) is 6.64. The van der Waals surface area contributed by atoms with Gasteiger partial charge in [0.25, 0.3) is 0 Å². The third-order valence-corrected chi connectivity index (χ3v) is 1.34. The molecule has 0 saturated carbocycles. The summed E-state index contributed by atoms with van der Waals surface area (Å²) in [6.07, 6.45) is 0. The maximum absolute atomic E-state index is 12.1. The van der Waals surface area contributed by atoms with Crippen LogP contribution in [-0.2, 0) is 9.53 Å². The molecule has 0 aliphatic rings. The number of nitriles is 1. The van der Waals surface area contributed by atoms with Crippen LogP contribution in [0.15, 0.2) is 0 Å². The van der Waals surface area contributed by atoms with E-state index in [1.165, 1.54) is 13.0 Å². The van der Waals surface area contributed by atoms with Crippen LogP contribution in [0.3, 0.4) is 0 Å². The van der Waals surface area contributed by atoms with Crippen LogP contribution in [0.1, 0.15) is 6.92 Å². The predicted octanol–water partition coefficient (Wildman–Crippen LogP) is 0.998. The highest BCUT2D eigenvalue weighted by Gasteiger charge is 2.41. The van der Waals surface area contributed by atoms with Crippen molar-refractivity contribution in [1.82, 2.24) is 0 Å². The van der Waals surface area contributed by atoms with Gasteiger partial charge in [-0.15, -0.1) is 0 Å². The Kier molecular flexibility index (Phi) is 4.19. The monoisotopic (exact) mass is 177 g/mol. The Hall–Kier alpha value is -1.18. The van der Waals surface area contributed by atoms with E-state index in [1.54, 1.807) is 0 Å². The van der Waals surface area contributed by atoms with Crippen LogP contribution in [0.25, 0.3) is 0 Å². The third kappa shape index (κ3) is 1.91. The van der Waals surface area contributed by atoms with E-state index >= 15 is 0 Å². The van der Waals surface area contributed by atoms with Crippen molar-refractivity contribution < 1.29 is 18.3 Å². The maximum atomic E-state index is 12.1. The van der Waals surface area contributed by atoms with Crippen molar-refractivity contribution in [2.45, 2.75) is 6.92 Å². The van der Waals surface area contributed by atoms with Crippen molar-refractivity contribution in [2.75, 3.05) is 20.0 Å². The van der Waals surface area contributed by atoms with Gasteiger partial charge in [-0.1, -0.05) is 0 Å². The summed E-state index contributed by atoms with van der Waals surface area (Å²) in [6.45, 7) is -1.23. The van der Waals surface area contributed by atoms with Gasteiger partial charge >= 0.3 is 5.97 Å². The molecule has 0 rings (SSSR count). The standard InChI is InChI=1S/C7H9F2NO2/c1-2-12-6(11)7(3-8,4-9)5-10/h2-4H2,1H3. The highest BCUT2D eigenvalue weighted by Crippen LogP contribution is 2.19. The Balaban J connectivity index is 4.51. The second-order valence-corrected chi connectivity index (χ2v) is 2.18. The SMILES string of the molecule is CCOC(=O)C(C#N)(CF)CF. The molecule has 0 unspecified atom stereocenters. The van der Waals surface area contributed by atoms with Crippen LogP contribution in [-0.4, -0.2) is 25.9 Å². The second kappa shape index (κ2) is 4.65. The molecule has 5 heteroatoms. The van der Waals surface area contributed by atoms with E-state index in [4.69, 9.17) is 5.26 Å². The van der Waals surface area contributed by atoms with Crippen LogP contribution in [0.2, 0.25) is 0 Å². The number of carbonyl (C=O) groups excluding carboxylic acids is 1. The minimum Gasteiger partial charge on any atom is -0.465 e. The number of rotatable bonds is 4. The summed E-state index contributed by atoms with van der Waals surface area (Å²) in [5.41, 5.74) is -2.25. The van der Waals surface area contributed by atoms with Crippen LogP contribution in [0.5, 0.6) is 0 Å². The highest BCUT2D eigenvalue weighted by molar-refractivity contribution is 5.80. The minimum absolute atomic E-state index is 0.00225. The average Bonchev–Trinajstić information content (AvgIpc) is 2.09. The fourth-order valence-corrected chi connectivity index (χ4v) is 0.519. The Morgan fingerprint density at radius 2 is 2.08 bits per heavy atom. The van der Waals surface area contributed by atoms with E-state index in [2.05, 4.69) is 4.74 Å². The number of hydrogen-bond acceptors (Lipinski definition) is 3. The first-order valence-electron chi connectivity index (χ1n) is 3.37. The Labute approximate surface area is 68.9 Å². The van der Waals surface area contributed by atoms with Crippen molar-refractivity contribution >= 4 is 5.97 Å². The van der Waals surface area contributed by atoms with Crippen molar-refractivity contribution in [3.63, 3.8) is 0 Å². The molecule has 0 atom stereocenters. The van der Waals surface area contributed by atoms with Gasteiger partial charge < -0.3 is 4.74 Å². The molecule has 0 N–H and O–H groups in total. The Bertz CT molecular complexity index is 196. The lowest BCUT2D eigenvalue weighted by Gasteiger charge is -2.16. The summed E-state index contributed by atoms with van der Waals surface area (Å²) in [5.74, 6) is -1.14. The summed E-state index contributed by atoms with van der Waals surface area (Å²) in [6, 6.07) is 1.27. The molecule has 0 heterocycles. The Morgan fingerprint density at radius 3 is 2.33 bits per heavy atom. The predicted molar refractivity (Wildman–Crippen MR) is 36.6 cm³/mol. The van der Waals surface area contributed by atoms with E-state index in [9.17, 15) is 13.6 Å². The molecule has 0 bridgehead atoms. The van der Waals surface area contributed by atoms with E-state index in [1.807, 2.05) is 0 Å². The molecular formula is C7H9F2NO2. The number of carbonyl (C=O) groups is 1. The molecular weight excluding hydrogens is 168 g/mol. The normalized spacial score (nSPS) is 10.5. The average molecular weight is 177 g/mol. The van der Waals surface area contributed by atoms with Gasteiger partial charge in [-0.25, -0.2) is 8.78 Å². The zero-order valence-electron chi connectivity index (χ0n) is 6.64. The molecule has 12 heavy (non-hydrogen) atoms. The molecule has 0 aromatic rings. The van der Waals surface area contributed by atoms with E-state index in [0.29, 0.717) is 0 Å². The molecule has 0 aromatic heterocycles. The van der Waals surface area contributed by atoms with Crippen LogP contribution in [0.4, 0.5) is 8.78 Å². The summed E-state index contributed by atoms with van der Waals surface area (Å²) >= 11 is 0. The number of alkyl halides is 2. The first-order valence-corrected chi connectivity index (χ1v) is 3.37. The lowest BCUT2D eigenvalue weighted by molar-refractivity contribution is -0.153. The van der Waals surface area contributed by atoms with E-state index in [-0.39, 0.29) is 6.61 Å². The molecule has 0 saturated heterocycles. The zero-order chi connectivity index (χ0) is 9.61. The summed E-state index contributed by atoms with van der Waals surface area (Å²) in [7, 11) is 0. The Morgan fingerprint density at radius 1 is 1.58 bits per heavy atom. The molecule has 3 nitrogen and oxygen atoms in total. The lowest BCUT2D eigenvalue weighted by Crippen LogP contribution is -2.35. The first kappa shape index (κ1) is 10.8. The number of ether oxygens (including phenoxy) is 1. The lowest BCUT2D eigenvalue weighted by atomic mass is 9.94. The highest BCUT2D eigenvalue weighted by atomic mass is 19.1. The smallest absolute Gasteiger partial charge is 0.331 e. The number of hydrogen-bond donors (Lipinski definition) is 0. The number of halogens is 2. The van der Waals surface area contributed by atoms with Crippen molar-refractivity contribution in [2.24, 2.45) is 5.41 Å². The van der Waals surface area contributed by atoms with Crippen molar-refractivity contribution in [3.8, 4) is 6.07 Å².